The molecule has 1 N–H and O–H groups in total. The first-order chi connectivity index (χ1) is 8.63. The number of hydrogen-bond acceptors (Lipinski definition) is 2. The molecule has 0 fully saturated rings. The van der Waals surface area contributed by atoms with Crippen molar-refractivity contribution in [2.45, 2.75) is 13.0 Å². The Morgan fingerprint density at radius 3 is 2.78 bits per heavy atom. The summed E-state index contributed by atoms with van der Waals surface area (Å²) in [7, 11) is 0. The van der Waals surface area contributed by atoms with Crippen LogP contribution in [0.2, 0.25) is 5.02 Å². The second-order valence-electron chi connectivity index (χ2n) is 3.78. The monoisotopic (exact) mass is 347 g/mol. The molecule has 0 aliphatic rings. The Morgan fingerprint density at radius 2 is 2.17 bits per heavy atom. The number of benzene rings is 1. The highest BCUT2D eigenvalue weighted by Gasteiger charge is 2.19. The zero-order chi connectivity index (χ0) is 13.1. The van der Waals surface area contributed by atoms with Gasteiger partial charge in [0.25, 0.3) is 0 Å². The summed E-state index contributed by atoms with van der Waals surface area (Å²) in [5.74, 6) is -0.352. The molecule has 96 valence electrons. The predicted molar refractivity (Wildman–Crippen MR) is 78.9 cm³/mol. The zero-order valence-corrected chi connectivity index (χ0v) is 12.9. The summed E-state index contributed by atoms with van der Waals surface area (Å²) in [5.41, 5.74) is 0.582. The average Bonchev–Trinajstić information content (AvgIpc) is 2.77. The third-order valence-corrected chi connectivity index (χ3v) is 4.56. The van der Waals surface area contributed by atoms with Crippen molar-refractivity contribution >= 4 is 38.9 Å². The smallest absolute Gasteiger partial charge is 0.146 e. The predicted octanol–water partition coefficient (Wildman–Crippen LogP) is 5.00. The van der Waals surface area contributed by atoms with Crippen molar-refractivity contribution in [2.75, 3.05) is 6.54 Å². The van der Waals surface area contributed by atoms with Crippen molar-refractivity contribution in [3.63, 3.8) is 0 Å². The Bertz CT molecular complexity index is 544. The van der Waals surface area contributed by atoms with E-state index in [9.17, 15) is 4.39 Å². The van der Waals surface area contributed by atoms with Gasteiger partial charge in [-0.1, -0.05) is 30.7 Å². The van der Waals surface area contributed by atoms with Crippen LogP contribution in [0.15, 0.2) is 34.1 Å². The third kappa shape index (κ3) is 2.94. The SMILES string of the molecule is CCNC(c1ccc(Br)s1)c1cccc(Cl)c1F. The standard InChI is InChI=1S/C13H12BrClFNS/c1-2-17-13(10-6-7-11(14)18-10)8-4-3-5-9(15)12(8)16/h3-7,13,17H,2H2,1H3. The Labute approximate surface area is 123 Å². The van der Waals surface area contributed by atoms with Gasteiger partial charge in [-0.05, 0) is 40.7 Å². The summed E-state index contributed by atoms with van der Waals surface area (Å²) >= 11 is 10.9. The molecule has 1 atom stereocenters. The van der Waals surface area contributed by atoms with Crippen molar-refractivity contribution in [3.05, 3.63) is 55.4 Å². The normalized spacial score (nSPS) is 12.7. The van der Waals surface area contributed by atoms with Gasteiger partial charge in [0.05, 0.1) is 14.9 Å². The van der Waals surface area contributed by atoms with Gasteiger partial charge < -0.3 is 5.32 Å². The van der Waals surface area contributed by atoms with Crippen molar-refractivity contribution in [1.29, 1.82) is 0 Å². The molecule has 1 unspecified atom stereocenters. The van der Waals surface area contributed by atoms with Gasteiger partial charge >= 0.3 is 0 Å². The van der Waals surface area contributed by atoms with Gasteiger partial charge in [0.1, 0.15) is 5.82 Å². The molecule has 0 aliphatic heterocycles. The van der Waals surface area contributed by atoms with Gasteiger partial charge in [-0.25, -0.2) is 4.39 Å². The lowest BCUT2D eigenvalue weighted by Gasteiger charge is -2.18. The van der Waals surface area contributed by atoms with Gasteiger partial charge in [-0.2, -0.15) is 0 Å². The van der Waals surface area contributed by atoms with Gasteiger partial charge in [0.15, 0.2) is 0 Å². The minimum atomic E-state index is -0.352. The lowest BCUT2D eigenvalue weighted by Crippen LogP contribution is -2.22. The minimum Gasteiger partial charge on any atom is -0.306 e. The molecule has 1 aromatic carbocycles. The van der Waals surface area contributed by atoms with Crippen LogP contribution in [0.5, 0.6) is 0 Å². The van der Waals surface area contributed by atoms with Crippen LogP contribution in [0, 0.1) is 5.82 Å². The van der Waals surface area contributed by atoms with E-state index in [0.717, 1.165) is 15.2 Å². The number of nitrogens with one attached hydrogen (secondary N) is 1. The number of thiophene rings is 1. The van der Waals surface area contributed by atoms with Crippen molar-refractivity contribution in [2.24, 2.45) is 0 Å². The van der Waals surface area contributed by atoms with E-state index in [1.165, 1.54) is 0 Å². The molecule has 2 aromatic rings. The Balaban J connectivity index is 2.44. The van der Waals surface area contributed by atoms with Crippen molar-refractivity contribution in [3.8, 4) is 0 Å². The molecule has 0 aliphatic carbocycles. The third-order valence-electron chi connectivity index (χ3n) is 2.58. The first-order valence-corrected chi connectivity index (χ1v) is 7.54. The van der Waals surface area contributed by atoms with Crippen molar-refractivity contribution < 1.29 is 4.39 Å². The van der Waals surface area contributed by atoms with E-state index in [1.807, 2.05) is 19.1 Å². The second kappa shape index (κ2) is 6.15. The molecule has 0 saturated carbocycles. The molecule has 0 saturated heterocycles. The Kier molecular flexibility index (Phi) is 4.78. The molecule has 0 bridgehead atoms. The maximum Gasteiger partial charge on any atom is 0.146 e. The summed E-state index contributed by atoms with van der Waals surface area (Å²) in [6.07, 6.45) is 0. The highest BCUT2D eigenvalue weighted by atomic mass is 79.9. The van der Waals surface area contributed by atoms with Crippen LogP contribution in [0.25, 0.3) is 0 Å². The zero-order valence-electron chi connectivity index (χ0n) is 9.71. The van der Waals surface area contributed by atoms with Gasteiger partial charge in [-0.15, -0.1) is 11.3 Å². The van der Waals surface area contributed by atoms with E-state index in [1.54, 1.807) is 29.5 Å². The molecule has 0 amide bonds. The van der Waals surface area contributed by atoms with Gasteiger partial charge in [0, 0.05) is 10.4 Å². The first kappa shape index (κ1) is 14.0. The number of hydrogen-bond donors (Lipinski definition) is 1. The Morgan fingerprint density at radius 1 is 1.39 bits per heavy atom. The summed E-state index contributed by atoms with van der Waals surface area (Å²) in [6.45, 7) is 2.75. The molecular weight excluding hydrogens is 337 g/mol. The number of rotatable bonds is 4. The van der Waals surface area contributed by atoms with Crippen LogP contribution in [0.3, 0.4) is 0 Å². The molecule has 18 heavy (non-hydrogen) atoms. The lowest BCUT2D eigenvalue weighted by atomic mass is 10.0. The molecule has 0 spiro atoms. The Hall–Kier alpha value is -0.420. The molecular formula is C13H12BrClFNS. The fraction of sp³-hybridized carbons (Fsp3) is 0.231. The average molecular weight is 349 g/mol. The first-order valence-electron chi connectivity index (χ1n) is 5.56. The molecule has 0 radical (unpaired) electrons. The van der Waals surface area contributed by atoms with E-state index < -0.39 is 0 Å². The van der Waals surface area contributed by atoms with Crippen LogP contribution in [0.1, 0.15) is 23.4 Å². The molecule has 1 aromatic heterocycles. The largest absolute Gasteiger partial charge is 0.306 e. The minimum absolute atomic E-state index is 0.158. The molecule has 2 rings (SSSR count). The fourth-order valence-corrected chi connectivity index (χ4v) is 3.50. The van der Waals surface area contributed by atoms with E-state index in [4.69, 9.17) is 11.6 Å². The van der Waals surface area contributed by atoms with Crippen LogP contribution < -0.4 is 5.32 Å². The molecule has 1 nitrogen and oxygen atoms in total. The summed E-state index contributed by atoms with van der Waals surface area (Å²) < 4.78 is 15.1. The molecule has 1 heterocycles. The highest BCUT2D eigenvalue weighted by molar-refractivity contribution is 9.11. The van der Waals surface area contributed by atoms with Gasteiger partial charge in [-0.3, -0.25) is 0 Å². The number of halogens is 3. The quantitative estimate of drug-likeness (QED) is 0.819. The molecule has 5 heteroatoms. The summed E-state index contributed by atoms with van der Waals surface area (Å²) in [6, 6.07) is 8.89. The van der Waals surface area contributed by atoms with Crippen LogP contribution in [-0.4, -0.2) is 6.54 Å². The topological polar surface area (TPSA) is 12.0 Å². The van der Waals surface area contributed by atoms with Crippen LogP contribution in [-0.2, 0) is 0 Å². The maximum atomic E-state index is 14.1. The maximum absolute atomic E-state index is 14.1. The van der Waals surface area contributed by atoms with E-state index in [0.29, 0.717) is 5.56 Å². The van der Waals surface area contributed by atoms with Crippen molar-refractivity contribution in [1.82, 2.24) is 5.32 Å². The lowest BCUT2D eigenvalue weighted by molar-refractivity contribution is 0.563. The van der Waals surface area contributed by atoms with Crippen LogP contribution in [0.4, 0.5) is 4.39 Å². The van der Waals surface area contributed by atoms with E-state index in [-0.39, 0.29) is 16.9 Å². The van der Waals surface area contributed by atoms with E-state index >= 15 is 0 Å². The fourth-order valence-electron chi connectivity index (χ4n) is 1.79. The highest BCUT2D eigenvalue weighted by Crippen LogP contribution is 2.33. The van der Waals surface area contributed by atoms with Gasteiger partial charge in [0.2, 0.25) is 0 Å². The summed E-state index contributed by atoms with van der Waals surface area (Å²) in [5, 5.41) is 3.45. The second-order valence-corrected chi connectivity index (χ2v) is 6.68. The van der Waals surface area contributed by atoms with Crippen LogP contribution >= 0.6 is 38.9 Å². The summed E-state index contributed by atoms with van der Waals surface area (Å²) in [4.78, 5) is 1.06. The van der Waals surface area contributed by atoms with E-state index in [2.05, 4.69) is 21.2 Å².